The number of hydrogen-bond donors (Lipinski definition) is 3. The van der Waals surface area contributed by atoms with Crippen molar-refractivity contribution in [1.82, 2.24) is 10.8 Å². The Morgan fingerprint density at radius 1 is 1.13 bits per heavy atom. The summed E-state index contributed by atoms with van der Waals surface area (Å²) in [6, 6.07) is 10.7. The molecule has 0 aliphatic rings. The molecule has 2 aromatic rings. The quantitative estimate of drug-likeness (QED) is 0.562. The Morgan fingerprint density at radius 3 is 2.39 bits per heavy atom. The molecule has 0 unspecified atom stereocenters. The number of rotatable bonds is 6. The minimum atomic E-state index is -0.529. The maximum atomic E-state index is 12.0. The number of carbonyl (C=O) groups excluding carboxylic acids is 2. The van der Waals surface area contributed by atoms with Crippen LogP contribution < -0.4 is 10.8 Å². The molecule has 6 heteroatoms. The SMILES string of the molecule is CC(C)(CNC(=O)c1cccs1)Cc1ccc(C(=O)NO)cc1. The lowest BCUT2D eigenvalue weighted by Crippen LogP contribution is -2.35. The van der Waals surface area contributed by atoms with Crippen LogP contribution in [0.1, 0.15) is 39.4 Å². The number of carbonyl (C=O) groups is 2. The third kappa shape index (κ3) is 4.91. The fraction of sp³-hybridized carbons (Fsp3) is 0.294. The monoisotopic (exact) mass is 332 g/mol. The zero-order valence-electron chi connectivity index (χ0n) is 13.1. The standard InChI is InChI=1S/C17H20N2O3S/c1-17(2,11-18-16(21)14-4-3-9-23-14)10-12-5-7-13(8-6-12)15(20)19-22/h3-9,22H,10-11H2,1-2H3,(H,18,21)(H,19,20). The first-order valence-corrected chi connectivity index (χ1v) is 8.14. The Labute approximate surface area is 139 Å². The van der Waals surface area contributed by atoms with Crippen LogP contribution in [0.15, 0.2) is 41.8 Å². The Balaban J connectivity index is 1.92. The van der Waals surface area contributed by atoms with E-state index in [0.29, 0.717) is 17.0 Å². The number of amides is 2. The van der Waals surface area contributed by atoms with Crippen LogP contribution in [0.2, 0.25) is 0 Å². The van der Waals surface area contributed by atoms with Crippen LogP contribution in [0.25, 0.3) is 0 Å². The van der Waals surface area contributed by atoms with E-state index in [-0.39, 0.29) is 11.3 Å². The van der Waals surface area contributed by atoms with E-state index in [1.165, 1.54) is 11.3 Å². The first kappa shape index (κ1) is 17.2. The van der Waals surface area contributed by atoms with Crippen LogP contribution in [0.4, 0.5) is 0 Å². The Morgan fingerprint density at radius 2 is 1.83 bits per heavy atom. The molecule has 0 aliphatic carbocycles. The van der Waals surface area contributed by atoms with Gasteiger partial charge >= 0.3 is 0 Å². The van der Waals surface area contributed by atoms with Crippen LogP contribution in [-0.4, -0.2) is 23.6 Å². The van der Waals surface area contributed by atoms with Crippen molar-refractivity contribution in [1.29, 1.82) is 0 Å². The number of hydroxylamine groups is 1. The molecule has 0 aliphatic heterocycles. The van der Waals surface area contributed by atoms with E-state index in [1.54, 1.807) is 23.7 Å². The number of thiophene rings is 1. The van der Waals surface area contributed by atoms with Gasteiger partial charge in [-0.05, 0) is 41.0 Å². The molecule has 1 aromatic carbocycles. The van der Waals surface area contributed by atoms with Crippen LogP contribution in [-0.2, 0) is 6.42 Å². The van der Waals surface area contributed by atoms with Crippen molar-refractivity contribution in [2.75, 3.05) is 6.54 Å². The molecule has 0 spiro atoms. The lowest BCUT2D eigenvalue weighted by atomic mass is 9.85. The van der Waals surface area contributed by atoms with Gasteiger partial charge in [-0.15, -0.1) is 11.3 Å². The molecule has 23 heavy (non-hydrogen) atoms. The van der Waals surface area contributed by atoms with Gasteiger partial charge < -0.3 is 5.32 Å². The molecular formula is C17H20N2O3S. The van der Waals surface area contributed by atoms with Crippen molar-refractivity contribution in [3.05, 3.63) is 57.8 Å². The summed E-state index contributed by atoms with van der Waals surface area (Å²) in [6.45, 7) is 4.72. The molecule has 0 saturated heterocycles. The fourth-order valence-electron chi connectivity index (χ4n) is 2.27. The predicted octanol–water partition coefficient (Wildman–Crippen LogP) is 2.87. The largest absolute Gasteiger partial charge is 0.351 e. The van der Waals surface area contributed by atoms with Crippen molar-refractivity contribution in [2.24, 2.45) is 5.41 Å². The van der Waals surface area contributed by atoms with E-state index in [9.17, 15) is 9.59 Å². The van der Waals surface area contributed by atoms with E-state index in [2.05, 4.69) is 19.2 Å². The molecule has 0 fully saturated rings. The van der Waals surface area contributed by atoms with Crippen molar-refractivity contribution < 1.29 is 14.8 Å². The molecule has 2 rings (SSSR count). The topological polar surface area (TPSA) is 78.4 Å². The molecule has 0 atom stereocenters. The highest BCUT2D eigenvalue weighted by molar-refractivity contribution is 7.12. The second-order valence-corrected chi connectivity index (χ2v) is 7.09. The zero-order valence-corrected chi connectivity index (χ0v) is 13.9. The fourth-order valence-corrected chi connectivity index (χ4v) is 2.91. The summed E-state index contributed by atoms with van der Waals surface area (Å²) >= 11 is 1.42. The lowest BCUT2D eigenvalue weighted by molar-refractivity contribution is 0.0706. The Hall–Kier alpha value is -2.18. The predicted molar refractivity (Wildman–Crippen MR) is 89.8 cm³/mol. The summed E-state index contributed by atoms with van der Waals surface area (Å²) in [6.07, 6.45) is 0.763. The van der Waals surface area contributed by atoms with E-state index >= 15 is 0 Å². The first-order chi connectivity index (χ1) is 10.9. The molecule has 0 bridgehead atoms. The van der Waals surface area contributed by atoms with Crippen LogP contribution in [0.5, 0.6) is 0 Å². The third-order valence-corrected chi connectivity index (χ3v) is 4.34. The molecule has 122 valence electrons. The van der Waals surface area contributed by atoms with Gasteiger partial charge in [0.1, 0.15) is 0 Å². The summed E-state index contributed by atoms with van der Waals surface area (Å²) in [5.41, 5.74) is 2.96. The summed E-state index contributed by atoms with van der Waals surface area (Å²) < 4.78 is 0. The van der Waals surface area contributed by atoms with E-state index in [0.717, 1.165) is 12.0 Å². The maximum absolute atomic E-state index is 12.0. The molecule has 1 heterocycles. The van der Waals surface area contributed by atoms with Crippen molar-refractivity contribution in [3.8, 4) is 0 Å². The second kappa shape index (κ2) is 7.39. The van der Waals surface area contributed by atoms with Crippen molar-refractivity contribution >= 4 is 23.2 Å². The van der Waals surface area contributed by atoms with Gasteiger partial charge in [-0.3, -0.25) is 14.8 Å². The molecule has 3 N–H and O–H groups in total. The minimum absolute atomic E-state index is 0.0527. The van der Waals surface area contributed by atoms with Gasteiger partial charge in [-0.25, -0.2) is 5.48 Å². The highest BCUT2D eigenvalue weighted by atomic mass is 32.1. The van der Waals surface area contributed by atoms with Gasteiger partial charge in [0.15, 0.2) is 0 Å². The molecule has 1 aromatic heterocycles. The summed E-state index contributed by atoms with van der Waals surface area (Å²) in [4.78, 5) is 24.0. The normalized spacial score (nSPS) is 11.1. The Kier molecular flexibility index (Phi) is 5.52. The Bertz CT molecular complexity index is 664. The third-order valence-electron chi connectivity index (χ3n) is 3.47. The van der Waals surface area contributed by atoms with Gasteiger partial charge in [0.25, 0.3) is 11.8 Å². The van der Waals surface area contributed by atoms with E-state index in [1.807, 2.05) is 23.6 Å². The van der Waals surface area contributed by atoms with E-state index in [4.69, 9.17) is 5.21 Å². The molecule has 2 amide bonds. The van der Waals surface area contributed by atoms with Gasteiger partial charge in [0, 0.05) is 12.1 Å². The number of benzene rings is 1. The maximum Gasteiger partial charge on any atom is 0.274 e. The second-order valence-electron chi connectivity index (χ2n) is 6.14. The summed E-state index contributed by atoms with van der Waals surface area (Å²) in [7, 11) is 0. The van der Waals surface area contributed by atoms with Gasteiger partial charge in [0.2, 0.25) is 0 Å². The molecule has 5 nitrogen and oxygen atoms in total. The average molecular weight is 332 g/mol. The number of hydrogen-bond acceptors (Lipinski definition) is 4. The van der Waals surface area contributed by atoms with Gasteiger partial charge in [0.05, 0.1) is 4.88 Å². The van der Waals surface area contributed by atoms with Crippen molar-refractivity contribution in [2.45, 2.75) is 20.3 Å². The van der Waals surface area contributed by atoms with Gasteiger partial charge in [-0.1, -0.05) is 32.0 Å². The van der Waals surface area contributed by atoms with E-state index < -0.39 is 5.91 Å². The van der Waals surface area contributed by atoms with Crippen LogP contribution in [0, 0.1) is 5.41 Å². The zero-order chi connectivity index (χ0) is 16.9. The highest BCUT2D eigenvalue weighted by Crippen LogP contribution is 2.21. The minimum Gasteiger partial charge on any atom is -0.351 e. The average Bonchev–Trinajstić information content (AvgIpc) is 3.07. The lowest BCUT2D eigenvalue weighted by Gasteiger charge is -2.25. The summed E-state index contributed by atoms with van der Waals surface area (Å²) in [5.74, 6) is -0.581. The first-order valence-electron chi connectivity index (χ1n) is 7.26. The molecule has 0 radical (unpaired) electrons. The number of nitrogens with one attached hydrogen (secondary N) is 2. The molecule has 0 saturated carbocycles. The van der Waals surface area contributed by atoms with Crippen LogP contribution in [0.3, 0.4) is 0 Å². The highest BCUT2D eigenvalue weighted by Gasteiger charge is 2.20. The summed E-state index contributed by atoms with van der Waals surface area (Å²) in [5, 5.41) is 13.4. The van der Waals surface area contributed by atoms with Crippen molar-refractivity contribution in [3.63, 3.8) is 0 Å². The smallest absolute Gasteiger partial charge is 0.274 e. The van der Waals surface area contributed by atoms with Crippen LogP contribution >= 0.6 is 11.3 Å². The molecular weight excluding hydrogens is 312 g/mol. The van der Waals surface area contributed by atoms with Gasteiger partial charge in [-0.2, -0.15) is 0 Å².